The highest BCUT2D eigenvalue weighted by Crippen LogP contribution is 2.40. The number of aromatic nitrogens is 1. The Kier molecular flexibility index (Phi) is 17.6. The van der Waals surface area contributed by atoms with Gasteiger partial charge < -0.3 is 33.2 Å². The van der Waals surface area contributed by atoms with Crippen LogP contribution in [0.25, 0.3) is 0 Å². The molecular formula is C46H75N3O7Si. The van der Waals surface area contributed by atoms with E-state index in [1.165, 1.54) is 19.3 Å². The molecule has 0 bridgehead atoms. The number of hydrogen-bond acceptors (Lipinski definition) is 9. The molecule has 0 N–H and O–H groups in total. The van der Waals surface area contributed by atoms with E-state index in [9.17, 15) is 9.59 Å². The maximum absolute atomic E-state index is 14.1. The van der Waals surface area contributed by atoms with E-state index in [-0.39, 0.29) is 35.4 Å². The second-order valence-electron chi connectivity index (χ2n) is 18.3. The largest absolute Gasteiger partial charge is 0.457 e. The number of allylic oxidation sites excluding steroid dienone is 3. The molecule has 320 valence electrons. The van der Waals surface area contributed by atoms with E-state index in [4.69, 9.17) is 23.4 Å². The molecule has 1 aromatic rings. The maximum atomic E-state index is 14.1. The first-order valence-corrected chi connectivity index (χ1v) is 24.6. The minimum atomic E-state index is -2.30. The lowest BCUT2D eigenvalue weighted by atomic mass is 9.88. The Labute approximate surface area is 345 Å². The smallest absolute Gasteiger partial charge is 0.410 e. The standard InChI is InChI=1S/C46H75N3O7Si/c1-12-52-37(5)55-46(9)27-24-39(56-57(10,11)45(6,7)8)33-42(50)54-43(35(3)20-18-19-34(2)40-21-14-15-28-47-40)36(4)22-23-41(46)53-44(51)49-31-25-38(26-32-49)48-29-16-13-17-30-48/h14-15,18-23,28,34,36-39,41,43H,12-13,16-17,24-27,29-33H2,1-11H3/b19-18+,23-22-,35-20+/t34-,36+,37?,39-,41+,43-,46-/m1/s1. The van der Waals surface area contributed by atoms with Crippen molar-refractivity contribution in [3.8, 4) is 0 Å². The summed E-state index contributed by atoms with van der Waals surface area (Å²) in [6.07, 6.45) is 16.1. The lowest BCUT2D eigenvalue weighted by Gasteiger charge is -2.43. The first-order chi connectivity index (χ1) is 26.9. The molecule has 0 spiro atoms. The van der Waals surface area contributed by atoms with Crippen LogP contribution in [0.3, 0.4) is 0 Å². The fraction of sp³-hybridized carbons (Fsp3) is 0.717. The predicted molar refractivity (Wildman–Crippen MR) is 231 cm³/mol. The van der Waals surface area contributed by atoms with Crippen molar-refractivity contribution < 1.29 is 33.0 Å². The van der Waals surface area contributed by atoms with E-state index < -0.39 is 38.5 Å². The van der Waals surface area contributed by atoms with Crippen LogP contribution in [0.5, 0.6) is 0 Å². The third-order valence-corrected chi connectivity index (χ3v) is 17.1. The summed E-state index contributed by atoms with van der Waals surface area (Å²) in [6, 6.07) is 6.43. The van der Waals surface area contributed by atoms with E-state index in [0.29, 0.717) is 38.6 Å². The maximum Gasteiger partial charge on any atom is 0.410 e. The molecule has 1 unspecified atom stereocenters. The molecule has 0 radical (unpaired) electrons. The minimum Gasteiger partial charge on any atom is -0.457 e. The highest BCUT2D eigenvalue weighted by Gasteiger charge is 2.44. The molecule has 1 aromatic heterocycles. The molecule has 2 saturated heterocycles. The van der Waals surface area contributed by atoms with Crippen LogP contribution in [-0.2, 0) is 28.2 Å². The van der Waals surface area contributed by atoms with E-state index in [2.05, 4.69) is 56.7 Å². The van der Waals surface area contributed by atoms with Crippen molar-refractivity contribution in [3.05, 3.63) is 66.0 Å². The second kappa shape index (κ2) is 21.4. The number of nitrogens with zero attached hydrogens (tertiary/aromatic N) is 3. The number of piperidine rings is 2. The van der Waals surface area contributed by atoms with Gasteiger partial charge in [0, 0.05) is 49.5 Å². The lowest BCUT2D eigenvalue weighted by molar-refractivity contribution is -0.222. The van der Waals surface area contributed by atoms with Crippen LogP contribution in [0.15, 0.2) is 60.3 Å². The molecule has 3 aliphatic rings. The summed E-state index contributed by atoms with van der Waals surface area (Å²) in [5.74, 6) is -0.437. The van der Waals surface area contributed by atoms with Gasteiger partial charge >= 0.3 is 12.1 Å². The van der Waals surface area contributed by atoms with Crippen molar-refractivity contribution in [2.24, 2.45) is 5.92 Å². The first kappa shape index (κ1) is 46.9. The van der Waals surface area contributed by atoms with Gasteiger partial charge in [-0.15, -0.1) is 0 Å². The Bertz CT molecular complexity index is 1500. The first-order valence-electron chi connectivity index (χ1n) is 21.7. The van der Waals surface area contributed by atoms with Crippen molar-refractivity contribution in [2.75, 3.05) is 32.8 Å². The Morgan fingerprint density at radius 2 is 1.77 bits per heavy atom. The van der Waals surface area contributed by atoms with Crippen LogP contribution >= 0.6 is 0 Å². The molecule has 1 amide bonds. The molecule has 0 aliphatic carbocycles. The number of esters is 1. The molecule has 57 heavy (non-hydrogen) atoms. The van der Waals surface area contributed by atoms with E-state index >= 15 is 0 Å². The molecule has 0 aromatic carbocycles. The summed E-state index contributed by atoms with van der Waals surface area (Å²) in [4.78, 5) is 37.0. The molecule has 3 aliphatic heterocycles. The number of carbonyl (C=O) groups excluding carboxylic acids is 2. The zero-order valence-corrected chi connectivity index (χ0v) is 38.1. The highest BCUT2D eigenvalue weighted by molar-refractivity contribution is 6.74. The predicted octanol–water partition coefficient (Wildman–Crippen LogP) is 9.98. The van der Waals surface area contributed by atoms with Crippen molar-refractivity contribution >= 4 is 20.4 Å². The minimum absolute atomic E-state index is 0.0682. The number of cyclic esters (lactones) is 1. The van der Waals surface area contributed by atoms with E-state index in [0.717, 1.165) is 37.2 Å². The summed E-state index contributed by atoms with van der Waals surface area (Å²) in [6.45, 7) is 27.1. The molecule has 7 atom stereocenters. The van der Waals surface area contributed by atoms with Gasteiger partial charge in [0.05, 0.1) is 12.5 Å². The SMILES string of the molecule is CCOC(C)O[C@]1(C)CC[C@@H](O[Si](C)(C)C(C)(C)C)CC(=O)O[C@H](/C(C)=C/C=C/[C@@H](C)c2ccccn2)[C@@H](C)/C=C\[C@@H]1OC(=O)N1CCC(N2CCCCC2)CC1. The van der Waals surface area contributed by atoms with Crippen LogP contribution < -0.4 is 0 Å². The Morgan fingerprint density at radius 3 is 2.40 bits per heavy atom. The van der Waals surface area contributed by atoms with Gasteiger partial charge in [0.2, 0.25) is 0 Å². The van der Waals surface area contributed by atoms with Crippen LogP contribution in [-0.4, -0.2) is 104 Å². The fourth-order valence-corrected chi connectivity index (χ4v) is 9.38. The van der Waals surface area contributed by atoms with Gasteiger partial charge in [0.1, 0.15) is 11.7 Å². The molecule has 0 saturated carbocycles. The fourth-order valence-electron chi connectivity index (χ4n) is 7.99. The number of carbonyl (C=O) groups is 2. The van der Waals surface area contributed by atoms with Gasteiger partial charge in [-0.1, -0.05) is 71.4 Å². The quantitative estimate of drug-likeness (QED) is 0.0672. The summed E-state index contributed by atoms with van der Waals surface area (Å²) in [5.41, 5.74) is 0.894. The zero-order valence-electron chi connectivity index (χ0n) is 37.1. The topological polar surface area (TPSA) is 99.7 Å². The summed E-state index contributed by atoms with van der Waals surface area (Å²) < 4.78 is 32.5. The number of amides is 1. The number of rotatable bonds is 12. The summed E-state index contributed by atoms with van der Waals surface area (Å²) >= 11 is 0. The summed E-state index contributed by atoms with van der Waals surface area (Å²) in [5, 5.41) is -0.0682. The molecular weight excluding hydrogens is 735 g/mol. The van der Waals surface area contributed by atoms with Gasteiger partial charge in [-0.3, -0.25) is 9.78 Å². The van der Waals surface area contributed by atoms with Gasteiger partial charge in [0.25, 0.3) is 0 Å². The monoisotopic (exact) mass is 810 g/mol. The van der Waals surface area contributed by atoms with Crippen molar-refractivity contribution in [2.45, 2.75) is 174 Å². The van der Waals surface area contributed by atoms with Crippen LogP contribution in [0.4, 0.5) is 4.79 Å². The van der Waals surface area contributed by atoms with Gasteiger partial charge in [-0.05, 0) is 121 Å². The number of ether oxygens (including phenoxy) is 4. The number of likely N-dealkylation sites (tertiary alicyclic amines) is 2. The Hall–Kier alpha value is -2.83. The second-order valence-corrected chi connectivity index (χ2v) is 23.1. The van der Waals surface area contributed by atoms with Gasteiger partial charge in [0.15, 0.2) is 20.7 Å². The van der Waals surface area contributed by atoms with E-state index in [1.54, 1.807) is 6.20 Å². The summed E-state index contributed by atoms with van der Waals surface area (Å²) in [7, 11) is -2.30. The molecule has 2 fully saturated rings. The zero-order chi connectivity index (χ0) is 41.8. The molecule has 11 heteroatoms. The normalized spacial score (nSPS) is 28.6. The van der Waals surface area contributed by atoms with Crippen LogP contribution in [0.1, 0.15) is 125 Å². The number of pyridine rings is 1. The van der Waals surface area contributed by atoms with Gasteiger partial charge in [-0.25, -0.2) is 4.79 Å². The van der Waals surface area contributed by atoms with Crippen molar-refractivity contribution in [3.63, 3.8) is 0 Å². The van der Waals surface area contributed by atoms with Crippen molar-refractivity contribution in [1.82, 2.24) is 14.8 Å². The lowest BCUT2D eigenvalue weighted by Crippen LogP contribution is -2.52. The van der Waals surface area contributed by atoms with Crippen molar-refractivity contribution in [1.29, 1.82) is 0 Å². The molecule has 10 nitrogen and oxygen atoms in total. The van der Waals surface area contributed by atoms with E-state index in [1.807, 2.05) is 82.0 Å². The molecule has 4 heterocycles. The Morgan fingerprint density at radius 1 is 1.07 bits per heavy atom. The third kappa shape index (κ3) is 13.9. The number of hydrogen-bond donors (Lipinski definition) is 0. The Balaban J connectivity index is 1.67. The van der Waals surface area contributed by atoms with Crippen LogP contribution in [0, 0.1) is 5.92 Å². The third-order valence-electron chi connectivity index (χ3n) is 12.6. The van der Waals surface area contributed by atoms with Crippen LogP contribution in [0.2, 0.25) is 18.1 Å². The molecule has 4 rings (SSSR count). The van der Waals surface area contributed by atoms with Gasteiger partial charge in [-0.2, -0.15) is 0 Å². The average Bonchev–Trinajstić information content (AvgIpc) is 3.17. The highest BCUT2D eigenvalue weighted by atomic mass is 28.4. The average molecular weight is 810 g/mol.